The van der Waals surface area contributed by atoms with E-state index in [1.165, 1.54) is 12.1 Å². The van der Waals surface area contributed by atoms with E-state index in [0.717, 1.165) is 11.6 Å². The molecule has 2 rings (SSSR count). The highest BCUT2D eigenvalue weighted by Crippen LogP contribution is 2.19. The molecule has 102 valence electrons. The van der Waals surface area contributed by atoms with Gasteiger partial charge in [-0.05, 0) is 62.9 Å². The van der Waals surface area contributed by atoms with Crippen LogP contribution >= 0.6 is 27.3 Å². The summed E-state index contributed by atoms with van der Waals surface area (Å²) >= 11 is 4.55. The Morgan fingerprint density at radius 1 is 1.32 bits per heavy atom. The quantitative estimate of drug-likeness (QED) is 0.886. The Bertz CT molecular complexity index is 656. The van der Waals surface area contributed by atoms with Crippen molar-refractivity contribution in [3.8, 4) is 0 Å². The molecule has 0 bridgehead atoms. The van der Waals surface area contributed by atoms with Crippen molar-refractivity contribution in [2.24, 2.45) is 0 Å². The second-order valence-corrected chi connectivity index (χ2v) is 7.26. The van der Waals surface area contributed by atoms with Crippen LogP contribution in [0.4, 0.5) is 4.39 Å². The predicted octanol–water partition coefficient (Wildman–Crippen LogP) is 3.17. The zero-order valence-electron chi connectivity index (χ0n) is 9.77. The number of nitrogens with one attached hydrogen (secondary N) is 1. The van der Waals surface area contributed by atoms with Gasteiger partial charge >= 0.3 is 0 Å². The maximum atomic E-state index is 13.3. The average molecular weight is 364 g/mol. The van der Waals surface area contributed by atoms with Gasteiger partial charge in [-0.2, -0.15) is 11.3 Å². The van der Waals surface area contributed by atoms with Crippen molar-refractivity contribution >= 4 is 37.3 Å². The van der Waals surface area contributed by atoms with Crippen LogP contribution < -0.4 is 4.72 Å². The van der Waals surface area contributed by atoms with Crippen LogP contribution in [0.15, 0.2) is 44.4 Å². The average Bonchev–Trinajstić information content (AvgIpc) is 2.85. The summed E-state index contributed by atoms with van der Waals surface area (Å²) in [5, 5.41) is 3.90. The summed E-state index contributed by atoms with van der Waals surface area (Å²) in [5.41, 5.74) is 1.08. The van der Waals surface area contributed by atoms with Crippen molar-refractivity contribution in [3.05, 3.63) is 50.9 Å². The van der Waals surface area contributed by atoms with Crippen molar-refractivity contribution in [3.63, 3.8) is 0 Å². The van der Waals surface area contributed by atoms with Crippen LogP contribution in [0.25, 0.3) is 0 Å². The predicted molar refractivity (Wildman–Crippen MR) is 77.3 cm³/mol. The molecular formula is C12H11BrFNO2S2. The number of sulfonamides is 1. The summed E-state index contributed by atoms with van der Waals surface area (Å²) in [4.78, 5) is -0.0708. The van der Waals surface area contributed by atoms with Crippen LogP contribution in [-0.2, 0) is 16.4 Å². The van der Waals surface area contributed by atoms with E-state index < -0.39 is 15.8 Å². The molecule has 0 atom stereocenters. The molecule has 19 heavy (non-hydrogen) atoms. The molecule has 0 radical (unpaired) electrons. The molecule has 0 saturated heterocycles. The van der Waals surface area contributed by atoms with E-state index in [4.69, 9.17) is 0 Å². The Kier molecular flexibility index (Phi) is 4.72. The summed E-state index contributed by atoms with van der Waals surface area (Å²) < 4.78 is 39.9. The molecule has 1 aromatic carbocycles. The number of hydrogen-bond acceptors (Lipinski definition) is 3. The van der Waals surface area contributed by atoms with Gasteiger partial charge in [-0.25, -0.2) is 17.5 Å². The number of benzene rings is 1. The molecule has 1 heterocycles. The number of rotatable bonds is 5. The lowest BCUT2D eigenvalue weighted by Crippen LogP contribution is -2.26. The second-order valence-electron chi connectivity index (χ2n) is 3.86. The highest BCUT2D eigenvalue weighted by molar-refractivity contribution is 9.10. The highest BCUT2D eigenvalue weighted by Gasteiger charge is 2.15. The van der Waals surface area contributed by atoms with Gasteiger partial charge in [0.05, 0.1) is 9.37 Å². The number of halogens is 2. The van der Waals surface area contributed by atoms with Crippen molar-refractivity contribution in [2.45, 2.75) is 11.3 Å². The smallest absolute Gasteiger partial charge is 0.211 e. The van der Waals surface area contributed by atoms with Crippen LogP contribution in [0, 0.1) is 5.82 Å². The molecule has 0 aliphatic rings. The SMILES string of the molecule is O=S(=O)(NCCc1ccsc1)c1ccc(Br)c(F)c1. The molecule has 3 nitrogen and oxygen atoms in total. The fourth-order valence-corrected chi connectivity index (χ4v) is 3.49. The Morgan fingerprint density at radius 2 is 2.11 bits per heavy atom. The van der Waals surface area contributed by atoms with Crippen molar-refractivity contribution in [2.75, 3.05) is 6.54 Å². The van der Waals surface area contributed by atoms with Gasteiger partial charge in [0, 0.05) is 6.54 Å². The van der Waals surface area contributed by atoms with Gasteiger partial charge in [0.25, 0.3) is 0 Å². The van der Waals surface area contributed by atoms with Crippen molar-refractivity contribution in [1.29, 1.82) is 0 Å². The molecule has 0 unspecified atom stereocenters. The Morgan fingerprint density at radius 3 is 2.74 bits per heavy atom. The standard InChI is InChI=1S/C12H11BrFNO2S2/c13-11-2-1-10(7-12(11)14)19(16,17)15-5-3-9-4-6-18-8-9/h1-2,4,6-8,15H,3,5H2. The summed E-state index contributed by atoms with van der Waals surface area (Å²) in [5.74, 6) is -0.597. The third-order valence-corrected chi connectivity index (χ3v) is 5.32. The normalized spacial score (nSPS) is 11.7. The van der Waals surface area contributed by atoms with E-state index in [-0.39, 0.29) is 15.9 Å². The van der Waals surface area contributed by atoms with Crippen LogP contribution in [0.2, 0.25) is 0 Å². The largest absolute Gasteiger partial charge is 0.240 e. The van der Waals surface area contributed by atoms with Gasteiger partial charge in [0.1, 0.15) is 5.82 Å². The minimum Gasteiger partial charge on any atom is -0.211 e. The van der Waals surface area contributed by atoms with Crippen LogP contribution in [0.3, 0.4) is 0 Å². The van der Waals surface area contributed by atoms with Gasteiger partial charge in [0.15, 0.2) is 0 Å². The molecule has 7 heteroatoms. The Balaban J connectivity index is 2.03. The second kappa shape index (κ2) is 6.13. The lowest BCUT2D eigenvalue weighted by molar-refractivity contribution is 0.577. The first-order valence-electron chi connectivity index (χ1n) is 5.45. The van der Waals surface area contributed by atoms with E-state index in [1.807, 2.05) is 16.8 Å². The Labute approximate surface area is 123 Å². The van der Waals surface area contributed by atoms with Gasteiger partial charge in [-0.1, -0.05) is 0 Å². The van der Waals surface area contributed by atoms with Crippen LogP contribution in [0.5, 0.6) is 0 Å². The monoisotopic (exact) mass is 363 g/mol. The lowest BCUT2D eigenvalue weighted by atomic mass is 10.2. The van der Waals surface area contributed by atoms with Gasteiger partial charge in [0.2, 0.25) is 10.0 Å². The minimum absolute atomic E-state index is 0.0708. The molecule has 0 spiro atoms. The van der Waals surface area contributed by atoms with E-state index in [9.17, 15) is 12.8 Å². The summed E-state index contributed by atoms with van der Waals surface area (Å²) in [6.07, 6.45) is 0.613. The van der Waals surface area contributed by atoms with Crippen molar-refractivity contribution in [1.82, 2.24) is 4.72 Å². The first-order valence-corrected chi connectivity index (χ1v) is 8.67. The van der Waals surface area contributed by atoms with Crippen molar-refractivity contribution < 1.29 is 12.8 Å². The van der Waals surface area contributed by atoms with Crippen LogP contribution in [-0.4, -0.2) is 15.0 Å². The molecule has 0 fully saturated rings. The molecule has 0 amide bonds. The molecule has 0 saturated carbocycles. The zero-order chi connectivity index (χ0) is 13.9. The molecule has 0 aliphatic heterocycles. The molecule has 1 aromatic heterocycles. The summed E-state index contributed by atoms with van der Waals surface area (Å²) in [6, 6.07) is 5.68. The highest BCUT2D eigenvalue weighted by atomic mass is 79.9. The van der Waals surface area contributed by atoms with E-state index >= 15 is 0 Å². The fourth-order valence-electron chi connectivity index (χ4n) is 1.49. The lowest BCUT2D eigenvalue weighted by Gasteiger charge is -2.06. The number of hydrogen-bond donors (Lipinski definition) is 1. The fraction of sp³-hybridized carbons (Fsp3) is 0.167. The summed E-state index contributed by atoms with van der Waals surface area (Å²) in [7, 11) is -3.66. The van der Waals surface area contributed by atoms with E-state index in [1.54, 1.807) is 11.3 Å². The molecule has 2 aromatic rings. The zero-order valence-corrected chi connectivity index (χ0v) is 13.0. The van der Waals surface area contributed by atoms with E-state index in [0.29, 0.717) is 6.42 Å². The minimum atomic E-state index is -3.66. The Hall–Kier alpha value is -0.760. The molecule has 0 aliphatic carbocycles. The van der Waals surface area contributed by atoms with Gasteiger partial charge in [-0.3, -0.25) is 0 Å². The topological polar surface area (TPSA) is 46.2 Å². The van der Waals surface area contributed by atoms with E-state index in [2.05, 4.69) is 20.7 Å². The van der Waals surface area contributed by atoms with Gasteiger partial charge < -0.3 is 0 Å². The molecule has 1 N–H and O–H groups in total. The van der Waals surface area contributed by atoms with Gasteiger partial charge in [-0.15, -0.1) is 0 Å². The summed E-state index contributed by atoms with van der Waals surface area (Å²) in [6.45, 7) is 0.288. The molecular weight excluding hydrogens is 353 g/mol. The van der Waals surface area contributed by atoms with Crippen LogP contribution in [0.1, 0.15) is 5.56 Å². The first-order chi connectivity index (χ1) is 8.99. The third kappa shape index (κ3) is 3.85. The maximum absolute atomic E-state index is 13.3. The maximum Gasteiger partial charge on any atom is 0.240 e. The number of thiophene rings is 1. The third-order valence-electron chi connectivity index (χ3n) is 2.49. The first kappa shape index (κ1) is 14.6.